The molecule has 0 unspecified atom stereocenters. The Hall–Kier alpha value is -3.53. The van der Waals surface area contributed by atoms with E-state index in [1.807, 2.05) is 19.9 Å². The Morgan fingerprint density at radius 2 is 1.97 bits per heavy atom. The second-order valence-corrected chi connectivity index (χ2v) is 9.65. The van der Waals surface area contributed by atoms with Gasteiger partial charge in [-0.1, -0.05) is 18.1 Å². The van der Waals surface area contributed by atoms with E-state index in [0.717, 1.165) is 5.56 Å². The quantitative estimate of drug-likeness (QED) is 0.457. The molecule has 0 bridgehead atoms. The maximum Gasteiger partial charge on any atom is 0.360 e. The molecule has 4 rings (SSSR count). The maximum atomic E-state index is 14.0. The van der Waals surface area contributed by atoms with Crippen molar-refractivity contribution in [2.45, 2.75) is 38.2 Å². The van der Waals surface area contributed by atoms with Crippen LogP contribution in [0.5, 0.6) is 11.5 Å². The van der Waals surface area contributed by atoms with E-state index in [0.29, 0.717) is 23.4 Å². The first-order valence-electron chi connectivity index (χ1n) is 10.9. The molecule has 0 spiro atoms. The number of benzene rings is 2. The zero-order valence-corrected chi connectivity index (χ0v) is 20.2. The minimum Gasteiger partial charge on any atom is -0.495 e. The number of ether oxygens (including phenoxy) is 3. The monoisotopic (exact) mass is 486 g/mol. The lowest BCUT2D eigenvalue weighted by Crippen LogP contribution is -2.43. The predicted octanol–water partition coefficient (Wildman–Crippen LogP) is 4.20. The highest BCUT2D eigenvalue weighted by Gasteiger charge is 2.36. The van der Waals surface area contributed by atoms with Crippen molar-refractivity contribution in [2.75, 3.05) is 24.6 Å². The lowest BCUT2D eigenvalue weighted by molar-refractivity contribution is 0.0514. The normalized spacial score (nSPS) is 15.4. The molecular weight excluding hydrogens is 460 g/mol. The van der Waals surface area contributed by atoms with Crippen LogP contribution in [0.3, 0.4) is 0 Å². The number of hydrogen-bond acceptors (Lipinski definition) is 8. The molecule has 2 aromatic carbocycles. The van der Waals surface area contributed by atoms with E-state index in [1.165, 1.54) is 23.5 Å². The van der Waals surface area contributed by atoms with Crippen LogP contribution >= 0.6 is 0 Å². The van der Waals surface area contributed by atoms with Crippen molar-refractivity contribution >= 4 is 21.7 Å². The summed E-state index contributed by atoms with van der Waals surface area (Å²) in [6, 6.07) is 11.5. The largest absolute Gasteiger partial charge is 0.495 e. The number of nitrogens with zero attached hydrogens (tertiary/aromatic N) is 2. The Labute approximate surface area is 198 Å². The van der Waals surface area contributed by atoms with Crippen LogP contribution in [0, 0.1) is 6.92 Å². The molecule has 0 N–H and O–H groups in total. The maximum absolute atomic E-state index is 14.0. The molecule has 1 aliphatic heterocycles. The van der Waals surface area contributed by atoms with Gasteiger partial charge in [-0.3, -0.25) is 4.31 Å². The number of methoxy groups -OCH3 is 1. The van der Waals surface area contributed by atoms with E-state index in [-0.39, 0.29) is 41.4 Å². The summed E-state index contributed by atoms with van der Waals surface area (Å²) in [5, 5.41) is 3.74. The van der Waals surface area contributed by atoms with Gasteiger partial charge >= 0.3 is 5.97 Å². The van der Waals surface area contributed by atoms with Crippen molar-refractivity contribution < 1.29 is 31.9 Å². The molecular formula is C24H26N2O7S. The molecule has 2 heterocycles. The summed E-state index contributed by atoms with van der Waals surface area (Å²) in [7, 11) is -2.64. The molecule has 34 heavy (non-hydrogen) atoms. The van der Waals surface area contributed by atoms with E-state index >= 15 is 0 Å². The van der Waals surface area contributed by atoms with Gasteiger partial charge in [-0.05, 0) is 56.2 Å². The van der Waals surface area contributed by atoms with Gasteiger partial charge in [0.1, 0.15) is 22.5 Å². The van der Waals surface area contributed by atoms with Crippen molar-refractivity contribution in [3.63, 3.8) is 0 Å². The minimum atomic E-state index is -4.05. The first-order valence-corrected chi connectivity index (χ1v) is 12.3. The number of fused-ring (bicyclic) bond motifs is 1. The highest BCUT2D eigenvalue weighted by molar-refractivity contribution is 7.93. The minimum absolute atomic E-state index is 0.000412. The third-order valence-corrected chi connectivity index (χ3v) is 7.31. The third-order valence-electron chi connectivity index (χ3n) is 5.51. The van der Waals surface area contributed by atoms with Gasteiger partial charge in [0, 0.05) is 11.6 Å². The average Bonchev–Trinajstić information content (AvgIpc) is 3.33. The zero-order chi connectivity index (χ0) is 24.5. The van der Waals surface area contributed by atoms with E-state index in [2.05, 4.69) is 5.16 Å². The highest BCUT2D eigenvalue weighted by Crippen LogP contribution is 2.40. The van der Waals surface area contributed by atoms with Crippen LogP contribution in [0.25, 0.3) is 11.3 Å². The first kappa shape index (κ1) is 23.6. The molecule has 0 fully saturated rings. The summed E-state index contributed by atoms with van der Waals surface area (Å²) in [6.07, 6.45) is 0.353. The fourth-order valence-electron chi connectivity index (χ4n) is 3.72. The lowest BCUT2D eigenvalue weighted by atomic mass is 10.1. The Bertz CT molecular complexity index is 1320. The lowest BCUT2D eigenvalue weighted by Gasteiger charge is -2.35. The van der Waals surface area contributed by atoms with E-state index < -0.39 is 16.0 Å². The standard InChI is InChI=1S/C24H26N2O7S/c1-5-17-14-26(19-11-15(3)7-9-20(19)32-17)34(28,29)23-12-16(8-10-21(23)30-4)22-13-18(25-33-22)24(27)31-6-2/h7-13,17H,5-6,14H2,1-4H3/t17-/m0/s1. The van der Waals surface area contributed by atoms with Crippen LogP contribution in [-0.2, 0) is 14.8 Å². The Kier molecular flexibility index (Phi) is 6.52. The summed E-state index contributed by atoms with van der Waals surface area (Å²) >= 11 is 0. The van der Waals surface area contributed by atoms with Gasteiger partial charge in [0.15, 0.2) is 11.5 Å². The van der Waals surface area contributed by atoms with E-state index in [4.69, 9.17) is 18.7 Å². The predicted molar refractivity (Wildman–Crippen MR) is 125 cm³/mol. The van der Waals surface area contributed by atoms with Crippen molar-refractivity contribution in [3.8, 4) is 22.8 Å². The zero-order valence-electron chi connectivity index (χ0n) is 19.4. The molecule has 0 radical (unpaired) electrons. The number of esters is 1. The van der Waals surface area contributed by atoms with Gasteiger partial charge in [-0.2, -0.15) is 0 Å². The van der Waals surface area contributed by atoms with Crippen molar-refractivity contribution in [1.29, 1.82) is 0 Å². The van der Waals surface area contributed by atoms with Crippen LogP contribution in [-0.4, -0.2) is 45.9 Å². The number of carbonyl (C=O) groups is 1. The van der Waals surface area contributed by atoms with Gasteiger partial charge in [-0.25, -0.2) is 13.2 Å². The Morgan fingerprint density at radius 1 is 1.18 bits per heavy atom. The molecule has 1 aliphatic rings. The molecule has 3 aromatic rings. The van der Waals surface area contributed by atoms with Crippen molar-refractivity contribution in [3.05, 3.63) is 53.7 Å². The van der Waals surface area contributed by atoms with Crippen LogP contribution in [0.4, 0.5) is 5.69 Å². The topological polar surface area (TPSA) is 108 Å². The summed E-state index contributed by atoms with van der Waals surface area (Å²) in [5.41, 5.74) is 1.81. The van der Waals surface area contributed by atoms with Crippen molar-refractivity contribution in [2.24, 2.45) is 0 Å². The summed E-state index contributed by atoms with van der Waals surface area (Å²) in [4.78, 5) is 11.9. The van der Waals surface area contributed by atoms with E-state index in [9.17, 15) is 13.2 Å². The Morgan fingerprint density at radius 3 is 2.68 bits per heavy atom. The summed E-state index contributed by atoms with van der Waals surface area (Å²) in [5.74, 6) is 0.302. The number of hydrogen-bond donors (Lipinski definition) is 0. The molecule has 0 saturated carbocycles. The molecule has 0 saturated heterocycles. The summed E-state index contributed by atoms with van der Waals surface area (Å²) in [6.45, 7) is 5.89. The van der Waals surface area contributed by atoms with Crippen LogP contribution in [0.1, 0.15) is 36.3 Å². The fourth-order valence-corrected chi connectivity index (χ4v) is 5.41. The van der Waals surface area contributed by atoms with Crippen LogP contribution < -0.4 is 13.8 Å². The molecule has 9 nitrogen and oxygen atoms in total. The number of sulfonamides is 1. The number of anilines is 1. The molecule has 1 aromatic heterocycles. The van der Waals surface area contributed by atoms with Gasteiger partial charge in [0.2, 0.25) is 0 Å². The second-order valence-electron chi connectivity index (χ2n) is 7.82. The van der Waals surface area contributed by atoms with Gasteiger partial charge < -0.3 is 18.7 Å². The number of aryl methyl sites for hydroxylation is 1. The SMILES string of the molecule is CCOC(=O)c1cc(-c2ccc(OC)c(S(=O)(=O)N3C[C@H](CC)Oc4ccc(C)cc43)c2)on1. The van der Waals surface area contributed by atoms with Crippen LogP contribution in [0.2, 0.25) is 0 Å². The number of rotatable bonds is 7. The third kappa shape index (κ3) is 4.33. The van der Waals surface area contributed by atoms with E-state index in [1.54, 1.807) is 31.2 Å². The van der Waals surface area contributed by atoms with Crippen LogP contribution in [0.15, 0.2) is 51.9 Å². The summed E-state index contributed by atoms with van der Waals surface area (Å²) < 4.78 is 50.9. The average molecular weight is 487 g/mol. The van der Waals surface area contributed by atoms with Gasteiger partial charge in [-0.15, -0.1) is 0 Å². The number of carbonyl (C=O) groups excluding carboxylic acids is 1. The molecule has 10 heteroatoms. The number of aromatic nitrogens is 1. The molecule has 0 amide bonds. The van der Waals surface area contributed by atoms with Gasteiger partial charge in [0.05, 0.1) is 25.9 Å². The fraction of sp³-hybridized carbons (Fsp3) is 0.333. The smallest absolute Gasteiger partial charge is 0.360 e. The molecule has 1 atom stereocenters. The molecule has 180 valence electrons. The Balaban J connectivity index is 1.79. The molecule has 0 aliphatic carbocycles. The van der Waals surface area contributed by atoms with Crippen molar-refractivity contribution in [1.82, 2.24) is 5.16 Å². The van der Waals surface area contributed by atoms with Gasteiger partial charge in [0.25, 0.3) is 10.0 Å². The second kappa shape index (κ2) is 9.38. The first-order chi connectivity index (χ1) is 16.3. The highest BCUT2D eigenvalue weighted by atomic mass is 32.2.